The number of rotatable bonds is 7. The summed E-state index contributed by atoms with van der Waals surface area (Å²) in [7, 11) is 7.99. The van der Waals surface area contributed by atoms with Crippen molar-refractivity contribution in [1.29, 1.82) is 0 Å². The van der Waals surface area contributed by atoms with E-state index in [1.54, 1.807) is 41.1 Å². The minimum absolute atomic E-state index is 0. The second-order valence-electron chi connectivity index (χ2n) is 14.6. The molecule has 0 aliphatic carbocycles. The van der Waals surface area contributed by atoms with Crippen molar-refractivity contribution >= 4 is 91.7 Å². The SMILES string of the molecule is C.CN1CCN(c2nn(C)c3cc(C(=O)NCc4ccc(Cl)cc4Cl)ccc23)CC1.CN1CCN(c2nn(C)c3cc(C(=O)[O-])ccc23)CC1.NCc1ccc(Cl)cc1Cl.[Li+]. The molecule has 6 aromatic rings. The van der Waals surface area contributed by atoms with E-state index < -0.39 is 5.97 Å². The van der Waals surface area contributed by atoms with E-state index in [2.05, 4.69) is 44.1 Å². The number of likely N-dealkylation sites (N-methyl/N-ethyl adjacent to an activating group) is 2. The first-order valence-corrected chi connectivity index (χ1v) is 20.6. The van der Waals surface area contributed by atoms with Gasteiger partial charge in [0.15, 0.2) is 11.6 Å². The van der Waals surface area contributed by atoms with Gasteiger partial charge in [0, 0.05) is 116 Å². The second kappa shape index (κ2) is 22.4. The topological polar surface area (TPSA) is 144 Å². The minimum Gasteiger partial charge on any atom is -0.545 e. The summed E-state index contributed by atoms with van der Waals surface area (Å²) in [6, 6.07) is 21.3. The van der Waals surface area contributed by atoms with Gasteiger partial charge in [-0.05, 0) is 85.4 Å². The van der Waals surface area contributed by atoms with Crippen LogP contribution in [0.1, 0.15) is 39.3 Å². The Labute approximate surface area is 389 Å². The molecule has 1 amide bonds. The fourth-order valence-electron chi connectivity index (χ4n) is 6.88. The minimum atomic E-state index is -1.16. The molecule has 320 valence electrons. The Hall–Kier alpha value is -4.00. The summed E-state index contributed by atoms with van der Waals surface area (Å²) in [4.78, 5) is 32.8. The van der Waals surface area contributed by atoms with Gasteiger partial charge in [-0.2, -0.15) is 10.2 Å². The third-order valence-corrected chi connectivity index (χ3v) is 11.6. The first-order valence-electron chi connectivity index (χ1n) is 19.1. The van der Waals surface area contributed by atoms with Crippen LogP contribution in [0.25, 0.3) is 21.8 Å². The van der Waals surface area contributed by atoms with Crippen molar-refractivity contribution in [2.45, 2.75) is 20.5 Å². The molecule has 8 rings (SSSR count). The summed E-state index contributed by atoms with van der Waals surface area (Å²) in [5, 5.41) is 27.6. The van der Waals surface area contributed by atoms with Gasteiger partial charge in [0.25, 0.3) is 5.91 Å². The second-order valence-corrected chi connectivity index (χ2v) is 16.3. The van der Waals surface area contributed by atoms with Crippen LogP contribution in [0.5, 0.6) is 0 Å². The van der Waals surface area contributed by atoms with Crippen molar-refractivity contribution in [3.63, 3.8) is 0 Å². The Morgan fingerprint density at radius 3 is 1.49 bits per heavy atom. The van der Waals surface area contributed by atoms with Gasteiger partial charge in [-0.15, -0.1) is 0 Å². The number of halogens is 4. The number of nitrogens with zero attached hydrogens (tertiary/aromatic N) is 8. The third-order valence-electron chi connectivity index (χ3n) is 10.5. The molecular formula is C43H51Cl4LiN10O3. The number of aromatic carboxylic acids is 1. The van der Waals surface area contributed by atoms with E-state index in [9.17, 15) is 14.7 Å². The van der Waals surface area contributed by atoms with Crippen molar-refractivity contribution in [3.8, 4) is 0 Å². The molecule has 0 saturated carbocycles. The summed E-state index contributed by atoms with van der Waals surface area (Å²) in [5.41, 5.74) is 9.66. The standard InChI is InChI=1S/C21H23Cl2N5O.C14H18N4O2.C7H7Cl2N.CH4.Li/c1-26-7-9-28(10-8-26)20-17-6-4-14(11-19(17)27(2)25-20)21(29)24-13-15-3-5-16(22)12-18(15)23;1-16-5-7-18(8-6-16)13-11-4-3-10(14(19)20)9-12(11)17(2)15-13;8-6-2-1-5(4-10)7(9)3-6;;/h3-6,11-12H,7-10,13H2,1-2H3,(H,24,29);3-4,9H,5-8H2,1-2H3,(H,19,20);1-3H,4,10H2;1H4;/q;;;;+1/p-1. The number of amides is 1. The zero-order valence-corrected chi connectivity index (χ0v) is 37.4. The van der Waals surface area contributed by atoms with E-state index in [4.69, 9.17) is 57.2 Å². The molecule has 18 heteroatoms. The number of carboxylic acids is 1. The molecule has 0 bridgehead atoms. The number of aryl methyl sites for hydroxylation is 2. The number of piperazine rings is 2. The summed E-state index contributed by atoms with van der Waals surface area (Å²) >= 11 is 23.5. The van der Waals surface area contributed by atoms with E-state index in [0.717, 1.165) is 96.9 Å². The van der Waals surface area contributed by atoms with Gasteiger partial charge in [0.1, 0.15) is 0 Å². The van der Waals surface area contributed by atoms with Gasteiger partial charge in [0.2, 0.25) is 0 Å². The Morgan fingerprint density at radius 2 is 1.07 bits per heavy atom. The van der Waals surface area contributed by atoms with Gasteiger partial charge in [0.05, 0.1) is 17.0 Å². The molecular weight excluding hydrogens is 853 g/mol. The summed E-state index contributed by atoms with van der Waals surface area (Å²) in [6.07, 6.45) is 0. The number of fused-ring (bicyclic) bond motifs is 2. The van der Waals surface area contributed by atoms with Crippen LogP contribution in [0, 0.1) is 0 Å². The average molecular weight is 905 g/mol. The van der Waals surface area contributed by atoms with Crippen molar-refractivity contribution < 1.29 is 33.6 Å². The van der Waals surface area contributed by atoms with Crippen LogP contribution in [-0.4, -0.2) is 108 Å². The zero-order chi connectivity index (χ0) is 42.4. The number of hydrogen-bond acceptors (Lipinski definition) is 10. The predicted molar refractivity (Wildman–Crippen MR) is 244 cm³/mol. The van der Waals surface area contributed by atoms with E-state index >= 15 is 0 Å². The molecule has 3 N–H and O–H groups in total. The first-order chi connectivity index (χ1) is 28.2. The van der Waals surface area contributed by atoms with Crippen LogP contribution in [0.4, 0.5) is 11.6 Å². The Morgan fingerprint density at radius 1 is 0.639 bits per heavy atom. The van der Waals surface area contributed by atoms with E-state index in [1.807, 2.05) is 55.2 Å². The summed E-state index contributed by atoms with van der Waals surface area (Å²) < 4.78 is 3.57. The molecule has 2 saturated heterocycles. The molecule has 2 aromatic heterocycles. The van der Waals surface area contributed by atoms with Gasteiger partial charge >= 0.3 is 18.9 Å². The quantitative estimate of drug-likeness (QED) is 0.229. The molecule has 0 radical (unpaired) electrons. The van der Waals surface area contributed by atoms with Crippen molar-refractivity contribution in [1.82, 2.24) is 34.7 Å². The van der Waals surface area contributed by atoms with E-state index in [-0.39, 0.29) is 37.8 Å². The molecule has 4 heterocycles. The number of nitrogens with one attached hydrogen (secondary N) is 1. The fraction of sp³-hybridized carbons (Fsp3) is 0.349. The molecule has 4 aromatic carbocycles. The molecule has 0 unspecified atom stereocenters. The average Bonchev–Trinajstić information content (AvgIpc) is 3.73. The Kier molecular flexibility index (Phi) is 18.2. The van der Waals surface area contributed by atoms with Crippen LogP contribution in [0.3, 0.4) is 0 Å². The first kappa shape index (κ1) is 49.7. The Balaban J connectivity index is 0.000000222. The maximum absolute atomic E-state index is 12.7. The number of aromatic nitrogens is 4. The number of carboxylic acid groups (broad SMARTS) is 1. The molecule has 13 nitrogen and oxygen atoms in total. The predicted octanol–water partition coefficient (Wildman–Crippen LogP) is 3.34. The zero-order valence-electron chi connectivity index (χ0n) is 34.4. The number of carbonyl (C=O) groups excluding carboxylic acids is 2. The molecule has 61 heavy (non-hydrogen) atoms. The molecule has 0 atom stereocenters. The molecule has 2 aliphatic heterocycles. The number of hydrogen-bond donors (Lipinski definition) is 2. The van der Waals surface area contributed by atoms with Crippen LogP contribution in [0.15, 0.2) is 72.8 Å². The monoisotopic (exact) mass is 902 g/mol. The molecule has 0 spiro atoms. The molecule has 2 fully saturated rings. The number of benzene rings is 4. The number of nitrogens with two attached hydrogens (primary N) is 1. The van der Waals surface area contributed by atoms with E-state index in [1.165, 1.54) is 0 Å². The smallest absolute Gasteiger partial charge is 0.545 e. The van der Waals surface area contributed by atoms with Crippen molar-refractivity contribution in [3.05, 3.63) is 115 Å². The summed E-state index contributed by atoms with van der Waals surface area (Å²) in [5.74, 6) is 0.602. The van der Waals surface area contributed by atoms with Crippen molar-refractivity contribution in [2.24, 2.45) is 19.8 Å². The van der Waals surface area contributed by atoms with Gasteiger partial charge in [-0.1, -0.05) is 72.0 Å². The number of anilines is 2. The van der Waals surface area contributed by atoms with Crippen LogP contribution < -0.4 is 44.8 Å². The van der Waals surface area contributed by atoms with Gasteiger partial charge in [-0.25, -0.2) is 0 Å². The van der Waals surface area contributed by atoms with Gasteiger partial charge < -0.3 is 40.6 Å². The van der Waals surface area contributed by atoms with Crippen LogP contribution >= 0.6 is 46.4 Å². The van der Waals surface area contributed by atoms with Gasteiger partial charge in [-0.3, -0.25) is 14.2 Å². The van der Waals surface area contributed by atoms with Crippen molar-refractivity contribution in [2.75, 3.05) is 76.3 Å². The molecule has 2 aliphatic rings. The largest absolute Gasteiger partial charge is 1.00 e. The maximum atomic E-state index is 12.7. The fourth-order valence-corrected chi connectivity index (χ4v) is 7.84. The van der Waals surface area contributed by atoms with E-state index in [0.29, 0.717) is 38.7 Å². The van der Waals surface area contributed by atoms with Crippen LogP contribution in [0.2, 0.25) is 20.1 Å². The normalized spacial score (nSPS) is 14.3. The maximum Gasteiger partial charge on any atom is 1.00 e. The van der Waals surface area contributed by atoms with Crippen LogP contribution in [-0.2, 0) is 27.2 Å². The number of carbonyl (C=O) groups is 2. The third kappa shape index (κ3) is 12.3. The Bertz CT molecular complexity index is 2450. The summed E-state index contributed by atoms with van der Waals surface area (Å²) in [6.45, 7) is 8.62.